The molecule has 1 aliphatic heterocycles. The molecule has 3 heterocycles. The summed E-state index contributed by atoms with van der Waals surface area (Å²) in [6.07, 6.45) is 3.99. The molecule has 5 nitrogen and oxygen atoms in total. The van der Waals surface area contributed by atoms with Crippen LogP contribution in [-0.2, 0) is 4.79 Å². The van der Waals surface area contributed by atoms with E-state index in [0.717, 1.165) is 22.1 Å². The van der Waals surface area contributed by atoms with E-state index in [0.29, 0.717) is 6.42 Å². The minimum Gasteiger partial charge on any atom is -0.467 e. The number of amides is 1. The maximum atomic E-state index is 12.9. The first-order valence-electron chi connectivity index (χ1n) is 8.74. The van der Waals surface area contributed by atoms with Crippen LogP contribution in [0.15, 0.2) is 81.6 Å². The molecule has 1 unspecified atom stereocenters. The fourth-order valence-corrected chi connectivity index (χ4v) is 3.71. The topological polar surface area (TPSA) is 58.7 Å². The zero-order valence-electron chi connectivity index (χ0n) is 14.9. The van der Waals surface area contributed by atoms with E-state index in [1.807, 2.05) is 42.5 Å². The Morgan fingerprint density at radius 2 is 2.04 bits per heavy atom. The highest BCUT2D eigenvalue weighted by atomic mass is 32.2. The first-order valence-corrected chi connectivity index (χ1v) is 9.73. The third-order valence-corrected chi connectivity index (χ3v) is 5.33. The zero-order valence-corrected chi connectivity index (χ0v) is 15.7. The fourth-order valence-electron chi connectivity index (χ4n) is 3.00. The molecule has 0 spiro atoms. The molecule has 1 aromatic carbocycles. The number of hydrazone groups is 1. The minimum absolute atomic E-state index is 0.0610. The number of thioether (sulfide) groups is 1. The highest BCUT2D eigenvalue weighted by Gasteiger charge is 2.34. The molecule has 136 valence electrons. The van der Waals surface area contributed by atoms with Crippen LogP contribution in [0.1, 0.15) is 29.3 Å². The molecule has 6 heteroatoms. The first kappa shape index (κ1) is 17.5. The third-order valence-electron chi connectivity index (χ3n) is 4.40. The zero-order chi connectivity index (χ0) is 18.6. The lowest BCUT2D eigenvalue weighted by Crippen LogP contribution is -2.28. The highest BCUT2D eigenvalue weighted by molar-refractivity contribution is 7.99. The molecule has 1 amide bonds. The molecular weight excluding hydrogens is 358 g/mol. The molecule has 4 rings (SSSR count). The maximum Gasteiger partial charge on any atom is 0.253 e. The van der Waals surface area contributed by atoms with E-state index in [4.69, 9.17) is 4.42 Å². The molecule has 27 heavy (non-hydrogen) atoms. The number of aryl methyl sites for hydroxylation is 1. The monoisotopic (exact) mass is 377 g/mol. The lowest BCUT2D eigenvalue weighted by molar-refractivity contribution is -0.130. The predicted octanol–water partition coefficient (Wildman–Crippen LogP) is 4.45. The Hall–Kier alpha value is -2.86. The molecule has 0 radical (unpaired) electrons. The second kappa shape index (κ2) is 7.80. The number of hydrogen-bond donors (Lipinski definition) is 0. The fraction of sp³-hybridized carbons (Fsp3) is 0.190. The Balaban J connectivity index is 1.55. The Labute approximate surface area is 162 Å². The van der Waals surface area contributed by atoms with Crippen molar-refractivity contribution in [3.05, 3.63) is 83.9 Å². The number of nitrogens with zero attached hydrogens (tertiary/aromatic N) is 3. The van der Waals surface area contributed by atoms with Crippen molar-refractivity contribution in [2.45, 2.75) is 24.4 Å². The summed E-state index contributed by atoms with van der Waals surface area (Å²) in [7, 11) is 0. The molecule has 0 saturated heterocycles. The summed E-state index contributed by atoms with van der Waals surface area (Å²) >= 11 is 1.41. The lowest BCUT2D eigenvalue weighted by atomic mass is 10.0. The molecule has 0 N–H and O–H groups in total. The van der Waals surface area contributed by atoms with Gasteiger partial charge in [-0.2, -0.15) is 5.10 Å². The second-order valence-corrected chi connectivity index (χ2v) is 7.34. The predicted molar refractivity (Wildman–Crippen MR) is 106 cm³/mol. The van der Waals surface area contributed by atoms with Gasteiger partial charge in [-0.15, -0.1) is 0 Å². The Morgan fingerprint density at radius 3 is 2.74 bits per heavy atom. The van der Waals surface area contributed by atoms with Gasteiger partial charge in [0, 0.05) is 12.6 Å². The summed E-state index contributed by atoms with van der Waals surface area (Å²) in [5, 5.41) is 7.03. The molecule has 2 aromatic heterocycles. The van der Waals surface area contributed by atoms with E-state index in [1.54, 1.807) is 17.5 Å². The summed E-state index contributed by atoms with van der Waals surface area (Å²) in [6, 6.07) is 17.4. The average Bonchev–Trinajstić information content (AvgIpc) is 3.37. The summed E-state index contributed by atoms with van der Waals surface area (Å²) in [6.45, 7) is 2.05. The van der Waals surface area contributed by atoms with Crippen molar-refractivity contribution >= 4 is 23.4 Å². The largest absolute Gasteiger partial charge is 0.467 e. The molecule has 0 aliphatic carbocycles. The van der Waals surface area contributed by atoms with Crippen molar-refractivity contribution in [1.82, 2.24) is 9.99 Å². The molecule has 0 saturated carbocycles. The van der Waals surface area contributed by atoms with Gasteiger partial charge in [-0.05, 0) is 36.8 Å². The number of aromatic nitrogens is 1. The number of pyridine rings is 1. The van der Waals surface area contributed by atoms with Gasteiger partial charge in [0.1, 0.15) is 11.8 Å². The van der Waals surface area contributed by atoms with Crippen LogP contribution in [-0.4, -0.2) is 27.4 Å². The van der Waals surface area contributed by atoms with Gasteiger partial charge in [0.25, 0.3) is 5.91 Å². The van der Waals surface area contributed by atoms with Crippen molar-refractivity contribution in [1.29, 1.82) is 0 Å². The Bertz CT molecular complexity index is 937. The van der Waals surface area contributed by atoms with Gasteiger partial charge in [0.05, 0.1) is 22.8 Å². The number of carbonyl (C=O) groups excluding carboxylic acids is 1. The summed E-state index contributed by atoms with van der Waals surface area (Å²) in [5.41, 5.74) is 3.12. The summed E-state index contributed by atoms with van der Waals surface area (Å²) in [5.74, 6) is 0.963. The number of carbonyl (C=O) groups is 1. The molecule has 3 aromatic rings. The van der Waals surface area contributed by atoms with E-state index < -0.39 is 0 Å². The molecule has 0 fully saturated rings. The summed E-state index contributed by atoms with van der Waals surface area (Å²) < 4.78 is 5.58. The van der Waals surface area contributed by atoms with Crippen LogP contribution in [0.2, 0.25) is 0 Å². The van der Waals surface area contributed by atoms with Crippen LogP contribution in [0, 0.1) is 6.92 Å². The highest BCUT2D eigenvalue weighted by Crippen LogP contribution is 2.33. The number of benzene rings is 1. The van der Waals surface area contributed by atoms with Gasteiger partial charge >= 0.3 is 0 Å². The minimum atomic E-state index is -0.215. The molecule has 1 aliphatic rings. The third kappa shape index (κ3) is 3.95. The number of rotatable bonds is 5. The molecule has 0 bridgehead atoms. The van der Waals surface area contributed by atoms with Crippen LogP contribution >= 0.6 is 11.8 Å². The van der Waals surface area contributed by atoms with Crippen molar-refractivity contribution in [2.24, 2.45) is 5.10 Å². The van der Waals surface area contributed by atoms with Crippen LogP contribution < -0.4 is 0 Å². The van der Waals surface area contributed by atoms with E-state index in [-0.39, 0.29) is 17.7 Å². The van der Waals surface area contributed by atoms with Crippen LogP contribution in [0.4, 0.5) is 0 Å². The smallest absolute Gasteiger partial charge is 0.253 e. The van der Waals surface area contributed by atoms with Crippen molar-refractivity contribution < 1.29 is 9.21 Å². The number of furan rings is 1. The lowest BCUT2D eigenvalue weighted by Gasteiger charge is -2.19. The van der Waals surface area contributed by atoms with E-state index in [9.17, 15) is 4.79 Å². The maximum absolute atomic E-state index is 12.9. The van der Waals surface area contributed by atoms with Gasteiger partial charge in [0.2, 0.25) is 0 Å². The molecule has 1 atom stereocenters. The Morgan fingerprint density at radius 1 is 1.19 bits per heavy atom. The average molecular weight is 377 g/mol. The van der Waals surface area contributed by atoms with Gasteiger partial charge in [-0.25, -0.2) is 9.99 Å². The normalized spacial score (nSPS) is 16.4. The Kier molecular flexibility index (Phi) is 5.07. The number of hydrogen-bond acceptors (Lipinski definition) is 5. The van der Waals surface area contributed by atoms with Crippen LogP contribution in [0.3, 0.4) is 0 Å². The summed E-state index contributed by atoms with van der Waals surface area (Å²) in [4.78, 5) is 17.1. The van der Waals surface area contributed by atoms with Crippen molar-refractivity contribution in [2.75, 3.05) is 5.75 Å². The van der Waals surface area contributed by atoms with E-state index in [1.165, 1.54) is 17.3 Å². The second-order valence-electron chi connectivity index (χ2n) is 6.34. The quantitative estimate of drug-likeness (QED) is 0.616. The van der Waals surface area contributed by atoms with Crippen molar-refractivity contribution in [3.63, 3.8) is 0 Å². The first-order chi connectivity index (χ1) is 13.2. The SMILES string of the molecule is Cc1ccc(C2=NN(C(=O)CSc3ccccn3)C(c3ccco3)C2)cc1. The van der Waals surface area contributed by atoms with Gasteiger partial charge in [-0.3, -0.25) is 4.79 Å². The van der Waals surface area contributed by atoms with Gasteiger partial charge < -0.3 is 4.42 Å². The van der Waals surface area contributed by atoms with Gasteiger partial charge in [-0.1, -0.05) is 47.7 Å². The van der Waals surface area contributed by atoms with E-state index in [2.05, 4.69) is 29.1 Å². The van der Waals surface area contributed by atoms with Gasteiger partial charge in [0.15, 0.2) is 0 Å². The molecular formula is C21H19N3O2S. The van der Waals surface area contributed by atoms with Crippen molar-refractivity contribution in [3.8, 4) is 0 Å². The van der Waals surface area contributed by atoms with E-state index >= 15 is 0 Å². The standard InChI is InChI=1S/C21H19N3O2S/c1-15-7-9-16(10-8-15)17-13-18(19-5-4-12-26-19)24(23-17)21(25)14-27-20-6-2-3-11-22-20/h2-12,18H,13-14H2,1H3. The van der Waals surface area contributed by atoms with Crippen LogP contribution in [0.25, 0.3) is 0 Å². The van der Waals surface area contributed by atoms with Crippen LogP contribution in [0.5, 0.6) is 0 Å².